The van der Waals surface area contributed by atoms with Crippen LogP contribution in [0, 0.1) is 5.92 Å². The van der Waals surface area contributed by atoms with E-state index >= 15 is 0 Å². The van der Waals surface area contributed by atoms with Crippen LogP contribution >= 0.6 is 11.6 Å². The lowest BCUT2D eigenvalue weighted by atomic mass is 10.2. The molecule has 2 rings (SSSR count). The summed E-state index contributed by atoms with van der Waals surface area (Å²) in [5, 5.41) is 5.71. The first-order valence-electron chi connectivity index (χ1n) is 6.19. The number of nitrogens with two attached hydrogens (primary N) is 1. The van der Waals surface area contributed by atoms with Gasteiger partial charge < -0.3 is 16.4 Å². The number of amides is 2. The molecule has 0 bridgehead atoms. The van der Waals surface area contributed by atoms with Crippen LogP contribution in [0.15, 0.2) is 18.2 Å². The Morgan fingerprint density at radius 1 is 1.26 bits per heavy atom. The maximum Gasteiger partial charge on any atom is 0.252 e. The van der Waals surface area contributed by atoms with Crippen molar-refractivity contribution in [1.29, 1.82) is 0 Å². The summed E-state index contributed by atoms with van der Waals surface area (Å²) in [7, 11) is 0. The summed E-state index contributed by atoms with van der Waals surface area (Å²) in [6, 6.07) is 4.91. The van der Waals surface area contributed by atoms with Gasteiger partial charge in [0.15, 0.2) is 0 Å². The second-order valence-electron chi connectivity index (χ2n) is 4.53. The number of benzene rings is 1. The third-order valence-electron chi connectivity index (χ3n) is 2.93. The molecular weight excluding hydrogens is 266 g/mol. The number of carbonyl (C=O) groups excluding carboxylic acids is 2. The molecule has 1 aromatic rings. The van der Waals surface area contributed by atoms with Crippen molar-refractivity contribution in [3.05, 3.63) is 28.8 Å². The second kappa shape index (κ2) is 5.93. The molecule has 4 N–H and O–H groups in total. The van der Waals surface area contributed by atoms with Crippen LogP contribution in [-0.4, -0.2) is 24.9 Å². The largest absolute Gasteiger partial charge is 0.398 e. The molecule has 0 unspecified atom stereocenters. The van der Waals surface area contributed by atoms with Gasteiger partial charge in [-0.25, -0.2) is 0 Å². The van der Waals surface area contributed by atoms with Crippen molar-refractivity contribution in [2.24, 2.45) is 5.92 Å². The van der Waals surface area contributed by atoms with Gasteiger partial charge >= 0.3 is 0 Å². The quantitative estimate of drug-likeness (QED) is 0.560. The zero-order valence-electron chi connectivity index (χ0n) is 10.4. The molecular formula is C13H16ClN3O2. The van der Waals surface area contributed by atoms with Crippen molar-refractivity contribution in [3.8, 4) is 0 Å². The van der Waals surface area contributed by atoms with E-state index in [0.29, 0.717) is 24.3 Å². The van der Waals surface area contributed by atoms with Crippen molar-refractivity contribution in [3.63, 3.8) is 0 Å². The van der Waals surface area contributed by atoms with Crippen LogP contribution in [0.2, 0.25) is 5.02 Å². The molecule has 0 atom stereocenters. The molecule has 1 aromatic carbocycles. The van der Waals surface area contributed by atoms with Crippen LogP contribution < -0.4 is 16.4 Å². The van der Waals surface area contributed by atoms with Crippen molar-refractivity contribution < 1.29 is 9.59 Å². The fourth-order valence-corrected chi connectivity index (χ4v) is 1.88. The molecule has 102 valence electrons. The van der Waals surface area contributed by atoms with Crippen LogP contribution in [0.1, 0.15) is 23.2 Å². The predicted molar refractivity (Wildman–Crippen MR) is 73.9 cm³/mol. The number of hydrogen-bond acceptors (Lipinski definition) is 3. The Hall–Kier alpha value is -1.75. The highest BCUT2D eigenvalue weighted by atomic mass is 35.5. The molecule has 0 heterocycles. The zero-order chi connectivity index (χ0) is 13.8. The first kappa shape index (κ1) is 13.7. The Morgan fingerprint density at radius 3 is 2.63 bits per heavy atom. The number of anilines is 1. The number of nitrogen functional groups attached to an aromatic ring is 1. The monoisotopic (exact) mass is 281 g/mol. The molecule has 5 nitrogen and oxygen atoms in total. The van der Waals surface area contributed by atoms with Crippen LogP contribution in [0.4, 0.5) is 5.69 Å². The molecule has 6 heteroatoms. The van der Waals surface area contributed by atoms with Gasteiger partial charge in [0.1, 0.15) is 0 Å². The number of hydrogen-bond donors (Lipinski definition) is 3. The van der Waals surface area contributed by atoms with Gasteiger partial charge in [-0.05, 0) is 25.0 Å². The smallest absolute Gasteiger partial charge is 0.252 e. The Kier molecular flexibility index (Phi) is 4.27. The molecule has 0 aliphatic heterocycles. The van der Waals surface area contributed by atoms with E-state index < -0.39 is 0 Å². The van der Waals surface area contributed by atoms with Crippen molar-refractivity contribution in [1.82, 2.24) is 10.6 Å². The lowest BCUT2D eigenvalue weighted by Crippen LogP contribution is -2.35. The summed E-state index contributed by atoms with van der Waals surface area (Å²) >= 11 is 5.95. The Bertz CT molecular complexity index is 501. The van der Waals surface area contributed by atoms with Gasteiger partial charge in [-0.3, -0.25) is 9.59 Å². The molecule has 1 fully saturated rings. The molecule has 0 spiro atoms. The third-order valence-corrected chi connectivity index (χ3v) is 3.35. The van der Waals surface area contributed by atoms with Crippen molar-refractivity contribution in [2.45, 2.75) is 12.8 Å². The first-order chi connectivity index (χ1) is 9.09. The Balaban J connectivity index is 1.77. The van der Waals surface area contributed by atoms with Gasteiger partial charge in [0.2, 0.25) is 5.91 Å². The maximum absolute atomic E-state index is 11.8. The molecule has 2 amide bonds. The van der Waals surface area contributed by atoms with E-state index in [1.807, 2.05) is 0 Å². The lowest BCUT2D eigenvalue weighted by molar-refractivity contribution is -0.122. The SMILES string of the molecule is Nc1cccc(C(=O)NCCNC(=O)C2CC2)c1Cl. The van der Waals surface area contributed by atoms with E-state index in [-0.39, 0.29) is 22.8 Å². The Labute approximate surface area is 116 Å². The highest BCUT2D eigenvalue weighted by molar-refractivity contribution is 6.36. The molecule has 0 radical (unpaired) electrons. The van der Waals surface area contributed by atoms with E-state index in [9.17, 15) is 9.59 Å². The zero-order valence-corrected chi connectivity index (χ0v) is 11.2. The third kappa shape index (κ3) is 3.61. The van der Waals surface area contributed by atoms with Crippen LogP contribution in [0.5, 0.6) is 0 Å². The first-order valence-corrected chi connectivity index (χ1v) is 6.57. The van der Waals surface area contributed by atoms with Gasteiger partial charge in [-0.1, -0.05) is 17.7 Å². The van der Waals surface area contributed by atoms with Gasteiger partial charge in [0.05, 0.1) is 16.3 Å². The molecule has 0 saturated heterocycles. The summed E-state index contributed by atoms with van der Waals surface area (Å²) in [6.45, 7) is 0.781. The molecule has 1 aliphatic carbocycles. The highest BCUT2D eigenvalue weighted by Crippen LogP contribution is 2.28. The van der Waals surface area contributed by atoms with Gasteiger partial charge in [0.25, 0.3) is 5.91 Å². The van der Waals surface area contributed by atoms with E-state index in [1.54, 1.807) is 18.2 Å². The maximum atomic E-state index is 11.8. The van der Waals surface area contributed by atoms with E-state index in [0.717, 1.165) is 12.8 Å². The van der Waals surface area contributed by atoms with Crippen LogP contribution in [0.25, 0.3) is 0 Å². The Morgan fingerprint density at radius 2 is 1.95 bits per heavy atom. The summed E-state index contributed by atoms with van der Waals surface area (Å²) in [5.74, 6) is -0.0479. The summed E-state index contributed by atoms with van der Waals surface area (Å²) < 4.78 is 0. The minimum Gasteiger partial charge on any atom is -0.398 e. The molecule has 1 saturated carbocycles. The number of rotatable bonds is 5. The fourth-order valence-electron chi connectivity index (χ4n) is 1.67. The average Bonchev–Trinajstić information content (AvgIpc) is 3.21. The molecule has 1 aliphatic rings. The molecule has 0 aromatic heterocycles. The van der Waals surface area contributed by atoms with Gasteiger partial charge in [-0.15, -0.1) is 0 Å². The van der Waals surface area contributed by atoms with Crippen LogP contribution in [0.3, 0.4) is 0 Å². The summed E-state index contributed by atoms with van der Waals surface area (Å²) in [4.78, 5) is 23.2. The van der Waals surface area contributed by atoms with Gasteiger partial charge in [-0.2, -0.15) is 0 Å². The minimum absolute atomic E-state index is 0.0660. The van der Waals surface area contributed by atoms with Crippen molar-refractivity contribution in [2.75, 3.05) is 18.8 Å². The topological polar surface area (TPSA) is 84.2 Å². The molecule has 19 heavy (non-hydrogen) atoms. The average molecular weight is 282 g/mol. The second-order valence-corrected chi connectivity index (χ2v) is 4.91. The fraction of sp³-hybridized carbons (Fsp3) is 0.385. The van der Waals surface area contributed by atoms with E-state index in [1.165, 1.54) is 0 Å². The van der Waals surface area contributed by atoms with E-state index in [4.69, 9.17) is 17.3 Å². The normalized spacial score (nSPS) is 13.9. The number of halogens is 1. The number of carbonyl (C=O) groups is 2. The number of nitrogens with one attached hydrogen (secondary N) is 2. The standard InChI is InChI=1S/C13H16ClN3O2/c14-11-9(2-1-3-10(11)15)13(19)17-7-6-16-12(18)8-4-5-8/h1-3,8H,4-7,15H2,(H,16,18)(H,17,19). The predicted octanol–water partition coefficient (Wildman–Crippen LogP) is 1.18. The summed E-state index contributed by atoms with van der Waals surface area (Å²) in [6.07, 6.45) is 1.94. The summed E-state index contributed by atoms with van der Waals surface area (Å²) in [5.41, 5.74) is 6.34. The minimum atomic E-state index is -0.294. The highest BCUT2D eigenvalue weighted by Gasteiger charge is 2.29. The van der Waals surface area contributed by atoms with Gasteiger partial charge in [0, 0.05) is 19.0 Å². The van der Waals surface area contributed by atoms with Crippen molar-refractivity contribution >= 4 is 29.1 Å². The van der Waals surface area contributed by atoms with Crippen LogP contribution in [-0.2, 0) is 4.79 Å². The lowest BCUT2D eigenvalue weighted by Gasteiger charge is -2.08. The van der Waals surface area contributed by atoms with E-state index in [2.05, 4.69) is 10.6 Å².